The number of nitrogens with one attached hydrogen (secondary N) is 4. The molecule has 0 aliphatic carbocycles. The molecule has 1 aliphatic rings. The summed E-state index contributed by atoms with van der Waals surface area (Å²) in [6.07, 6.45) is 7.28. The molecule has 0 radical (unpaired) electrons. The molecule has 0 saturated carbocycles. The van der Waals surface area contributed by atoms with Gasteiger partial charge in [0, 0.05) is 36.7 Å². The highest BCUT2D eigenvalue weighted by atomic mass is 32.8. The van der Waals surface area contributed by atoms with Crippen LogP contribution in [0.15, 0.2) is 42.7 Å². The lowest BCUT2D eigenvalue weighted by Gasteiger charge is -2.24. The molecule has 0 bridgehead atoms. The Labute approximate surface area is 265 Å². The second-order valence-electron chi connectivity index (χ2n) is 11.9. The van der Waals surface area contributed by atoms with Crippen LogP contribution in [0.5, 0.6) is 5.75 Å². The number of rotatable bonds is 12. The highest BCUT2D eigenvalue weighted by Crippen LogP contribution is 2.39. The predicted molar refractivity (Wildman–Crippen MR) is 180 cm³/mol. The van der Waals surface area contributed by atoms with Gasteiger partial charge in [0.1, 0.15) is 21.1 Å². The first kappa shape index (κ1) is 33.2. The van der Waals surface area contributed by atoms with Crippen molar-refractivity contribution in [3.05, 3.63) is 70.9 Å². The highest BCUT2D eigenvalue weighted by Gasteiger charge is 2.24. The Balaban J connectivity index is 1.59. The number of anilines is 3. The number of ether oxygens (including phenoxy) is 2. The third-order valence-corrected chi connectivity index (χ3v) is 8.08. The van der Waals surface area contributed by atoms with E-state index in [4.69, 9.17) is 20.7 Å². The summed E-state index contributed by atoms with van der Waals surface area (Å²) < 4.78 is 28.7. The molecule has 0 fully saturated rings. The van der Waals surface area contributed by atoms with Gasteiger partial charge in [0.15, 0.2) is 5.75 Å². The Morgan fingerprint density at radius 3 is 2.57 bits per heavy atom. The molecule has 4 N–H and O–H groups in total. The molecule has 1 unspecified atom stereocenters. The Morgan fingerprint density at radius 2 is 1.91 bits per heavy atom. The fraction of sp³-hybridized carbons (Fsp3) is 0.419. The first-order valence-corrected chi connectivity index (χ1v) is 17.3. The van der Waals surface area contributed by atoms with Crippen molar-refractivity contribution < 1.29 is 18.5 Å². The Kier molecular flexibility index (Phi) is 10.2. The van der Waals surface area contributed by atoms with Gasteiger partial charge in [0.25, 0.3) is 5.91 Å². The van der Waals surface area contributed by atoms with Crippen LogP contribution < -0.4 is 30.7 Å². The summed E-state index contributed by atoms with van der Waals surface area (Å²) >= 11 is 5.11. The second kappa shape index (κ2) is 13.6. The minimum Gasteiger partial charge on any atom is -0.492 e. The lowest BCUT2D eigenvalue weighted by molar-refractivity contribution is 0.102. The van der Waals surface area contributed by atoms with Crippen molar-refractivity contribution in [2.75, 3.05) is 35.0 Å². The monoisotopic (exact) mass is 641 g/mol. The summed E-state index contributed by atoms with van der Waals surface area (Å²) in [7, 11) is 0.690. The predicted octanol–water partition coefficient (Wildman–Crippen LogP) is 5.13. The molecule has 238 valence electrons. The van der Waals surface area contributed by atoms with Crippen LogP contribution in [0.1, 0.15) is 73.5 Å². The lowest BCUT2D eigenvalue weighted by atomic mass is 9.86. The maximum Gasteiger partial charge on any atom is 0.255 e. The minimum absolute atomic E-state index is 0.259. The minimum atomic E-state index is -2.77. The van der Waals surface area contributed by atoms with E-state index in [2.05, 4.69) is 53.7 Å². The molecule has 44 heavy (non-hydrogen) atoms. The van der Waals surface area contributed by atoms with E-state index in [-0.39, 0.29) is 11.3 Å². The number of carbonyl (C=O) groups is 1. The van der Waals surface area contributed by atoms with Gasteiger partial charge in [-0.2, -0.15) is 0 Å². The van der Waals surface area contributed by atoms with Crippen molar-refractivity contribution in [1.29, 1.82) is 0 Å². The van der Waals surface area contributed by atoms with Gasteiger partial charge < -0.3 is 24.1 Å². The van der Waals surface area contributed by atoms with Crippen LogP contribution in [0.2, 0.25) is 0 Å². The molecular formula is C31H43N7O4S2. The Bertz CT molecular complexity index is 1660. The van der Waals surface area contributed by atoms with Crippen LogP contribution in [0.4, 0.5) is 17.1 Å². The average molecular weight is 642 g/mol. The van der Waals surface area contributed by atoms with E-state index in [1.807, 2.05) is 60.2 Å². The standard InChI is InChI=1S/C31H43N7O4S2/c1-9-10-13-42-19-28-32-17-27(37(28)6)25-18-38(36-34-25)26-14-21(12-11-20(26)2)30(39)33-23-15-22(31(3,4)5)16-24(29(23)41-7)35-44(8,40)43/h11-12,14-18,34-36H,9-10,13,19H2,1-8H3,(H,33,39). The lowest BCUT2D eigenvalue weighted by Crippen LogP contribution is -2.36. The molecule has 11 nitrogen and oxygen atoms in total. The number of nitrogens with zero attached hydrogens (tertiary/aromatic N) is 3. The van der Waals surface area contributed by atoms with E-state index >= 15 is 0 Å². The van der Waals surface area contributed by atoms with Gasteiger partial charge in [0.2, 0.25) is 0 Å². The molecule has 2 aromatic carbocycles. The number of amides is 1. The third kappa shape index (κ3) is 7.89. The van der Waals surface area contributed by atoms with E-state index in [1.54, 1.807) is 6.07 Å². The molecule has 13 heteroatoms. The summed E-state index contributed by atoms with van der Waals surface area (Å²) in [5, 5.41) is 4.83. The van der Waals surface area contributed by atoms with Crippen molar-refractivity contribution in [2.24, 2.45) is 7.05 Å². The maximum atomic E-state index is 13.6. The fourth-order valence-electron chi connectivity index (χ4n) is 4.67. The number of imidazole rings is 1. The van der Waals surface area contributed by atoms with Crippen LogP contribution in [0.25, 0.3) is 5.70 Å². The molecule has 1 atom stereocenters. The summed E-state index contributed by atoms with van der Waals surface area (Å²) in [6, 6.07) is 9.21. The number of aromatic nitrogens is 2. The molecule has 1 aromatic heterocycles. The zero-order valence-electron chi connectivity index (χ0n) is 26.7. The van der Waals surface area contributed by atoms with E-state index in [9.17, 15) is 9.00 Å². The maximum absolute atomic E-state index is 13.6. The van der Waals surface area contributed by atoms with Gasteiger partial charge in [-0.05, 0) is 54.2 Å². The van der Waals surface area contributed by atoms with Gasteiger partial charge in [-0.15, -0.1) is 5.53 Å². The molecule has 4 rings (SSSR count). The molecule has 3 aromatic rings. The van der Waals surface area contributed by atoms with Gasteiger partial charge in [-0.25, -0.2) is 9.19 Å². The highest BCUT2D eigenvalue weighted by molar-refractivity contribution is 8.33. The largest absolute Gasteiger partial charge is 0.492 e. The second-order valence-corrected chi connectivity index (χ2v) is 15.5. The summed E-state index contributed by atoms with van der Waals surface area (Å²) in [6.45, 7) is 11.4. The first-order chi connectivity index (χ1) is 20.7. The fourth-order valence-corrected chi connectivity index (χ4v) is 5.49. The molecule has 2 heterocycles. The zero-order chi connectivity index (χ0) is 32.2. The van der Waals surface area contributed by atoms with Crippen molar-refractivity contribution in [3.63, 3.8) is 0 Å². The van der Waals surface area contributed by atoms with E-state index in [0.29, 0.717) is 35.9 Å². The van der Waals surface area contributed by atoms with Crippen LogP contribution in [-0.4, -0.2) is 39.6 Å². The number of aryl methyl sites for hydroxylation is 1. The number of hydrogen-bond acceptors (Lipinski definition) is 9. The Morgan fingerprint density at radius 1 is 1.18 bits per heavy atom. The number of methoxy groups -OCH3 is 1. The van der Waals surface area contributed by atoms with Crippen molar-refractivity contribution in [1.82, 2.24) is 20.5 Å². The van der Waals surface area contributed by atoms with Crippen molar-refractivity contribution in [3.8, 4) is 5.75 Å². The van der Waals surface area contributed by atoms with E-state index in [0.717, 1.165) is 46.9 Å². The Hall–Kier alpha value is -3.65. The number of benzene rings is 2. The van der Waals surface area contributed by atoms with Gasteiger partial charge in [-0.1, -0.05) is 40.2 Å². The van der Waals surface area contributed by atoms with E-state index < -0.39 is 8.68 Å². The van der Waals surface area contributed by atoms with Crippen molar-refractivity contribution in [2.45, 2.75) is 59.5 Å². The van der Waals surface area contributed by atoms with Crippen LogP contribution in [0.3, 0.4) is 0 Å². The number of hydrogen-bond donors (Lipinski definition) is 4. The third-order valence-electron chi connectivity index (χ3n) is 7.24. The zero-order valence-corrected chi connectivity index (χ0v) is 28.3. The SMILES string of the molecule is CCCCOCc1ncc(C2=CN(c3cc(C(=O)Nc4cc(C(C)(C)C)cc(NS(C)(=O)=S)c4OC)ccc3C)NN2)n1C. The van der Waals surface area contributed by atoms with Gasteiger partial charge in [-0.3, -0.25) is 15.2 Å². The van der Waals surface area contributed by atoms with Crippen molar-refractivity contribution >= 4 is 48.5 Å². The molecule has 0 spiro atoms. The summed E-state index contributed by atoms with van der Waals surface area (Å²) in [5.74, 6) is 0.862. The number of hydrazine groups is 2. The molecule has 0 saturated heterocycles. The summed E-state index contributed by atoms with van der Waals surface area (Å²) in [4.78, 5) is 18.2. The van der Waals surface area contributed by atoms with Crippen LogP contribution in [-0.2, 0) is 43.7 Å². The molecule has 1 aliphatic heterocycles. The summed E-state index contributed by atoms with van der Waals surface area (Å²) in [5.41, 5.74) is 11.9. The quantitative estimate of drug-likeness (QED) is 0.199. The topological polar surface area (TPSA) is 122 Å². The van der Waals surface area contributed by atoms with Gasteiger partial charge in [0.05, 0.1) is 48.0 Å². The van der Waals surface area contributed by atoms with E-state index in [1.165, 1.54) is 13.4 Å². The normalized spacial score (nSPS) is 14.5. The number of carbonyl (C=O) groups excluding carboxylic acids is 1. The van der Waals surface area contributed by atoms with Crippen LogP contribution >= 0.6 is 0 Å². The average Bonchev–Trinajstić information content (AvgIpc) is 3.56. The number of unbranched alkanes of at least 4 members (excludes halogenated alkanes) is 1. The smallest absolute Gasteiger partial charge is 0.255 e. The molecular weight excluding hydrogens is 599 g/mol. The van der Waals surface area contributed by atoms with Crippen LogP contribution in [0, 0.1) is 6.92 Å². The molecule has 1 amide bonds. The first-order valence-electron chi connectivity index (χ1n) is 14.5. The van der Waals surface area contributed by atoms with Gasteiger partial charge >= 0.3 is 0 Å².